The zero-order valence-electron chi connectivity index (χ0n) is 10.0. The second-order valence-corrected chi connectivity index (χ2v) is 3.98. The summed E-state index contributed by atoms with van der Waals surface area (Å²) in [6, 6.07) is 8.08. The highest BCUT2D eigenvalue weighted by Crippen LogP contribution is 2.26. The minimum Gasteiger partial charge on any atom is -0.465 e. The molecule has 3 aromatic rings. The Kier molecular flexibility index (Phi) is 2.52. The molecule has 3 rings (SSSR count). The molecule has 0 bridgehead atoms. The Morgan fingerprint density at radius 2 is 2.16 bits per heavy atom. The van der Waals surface area contributed by atoms with Crippen molar-refractivity contribution in [1.82, 2.24) is 4.98 Å². The largest absolute Gasteiger partial charge is 0.465 e. The summed E-state index contributed by atoms with van der Waals surface area (Å²) in [4.78, 5) is 27.5. The molecule has 0 spiro atoms. The fourth-order valence-corrected chi connectivity index (χ4v) is 2.09. The van der Waals surface area contributed by atoms with Gasteiger partial charge in [-0.1, -0.05) is 6.07 Å². The lowest BCUT2D eigenvalue weighted by atomic mass is 10.0. The number of ether oxygens (including phenoxy) is 1. The lowest BCUT2D eigenvalue weighted by Crippen LogP contribution is -2.08. The second kappa shape index (κ2) is 4.20. The summed E-state index contributed by atoms with van der Waals surface area (Å²) in [5, 5.41) is 1.28. The summed E-state index contributed by atoms with van der Waals surface area (Å²) >= 11 is 0. The zero-order valence-corrected chi connectivity index (χ0v) is 10.0. The van der Waals surface area contributed by atoms with Gasteiger partial charge in [-0.25, -0.2) is 9.59 Å². The van der Waals surface area contributed by atoms with E-state index in [0.29, 0.717) is 16.5 Å². The van der Waals surface area contributed by atoms with E-state index in [1.807, 2.05) is 6.07 Å². The average Bonchev–Trinajstić information content (AvgIpc) is 2.45. The highest BCUT2D eigenvalue weighted by Gasteiger charge is 2.16. The Bertz CT molecular complexity index is 851. The third kappa shape index (κ3) is 1.76. The molecule has 0 aliphatic carbocycles. The number of nitrogens with zero attached hydrogens (tertiary/aromatic N) is 1. The summed E-state index contributed by atoms with van der Waals surface area (Å²) in [6.45, 7) is 0. The number of carbonyl (C=O) groups excluding carboxylic acids is 1. The maximum atomic E-state index is 11.8. The standard InChI is InChI=1S/C14H9NO4/c1-18-14(17)9-7-12(16)19-11-5-4-10-8(13(9)11)3-2-6-15-10/h2-7H,1H3. The molecule has 5 nitrogen and oxygen atoms in total. The summed E-state index contributed by atoms with van der Waals surface area (Å²) in [5.74, 6) is -0.575. The average molecular weight is 255 g/mol. The van der Waals surface area contributed by atoms with Gasteiger partial charge in [-0.3, -0.25) is 4.98 Å². The van der Waals surface area contributed by atoms with Gasteiger partial charge in [0.05, 0.1) is 18.2 Å². The minimum absolute atomic E-state index is 0.187. The lowest BCUT2D eigenvalue weighted by Gasteiger charge is -2.06. The molecule has 0 atom stereocenters. The first-order chi connectivity index (χ1) is 9.20. The van der Waals surface area contributed by atoms with E-state index in [9.17, 15) is 9.59 Å². The molecule has 0 fully saturated rings. The molecular formula is C14H9NO4. The van der Waals surface area contributed by atoms with E-state index in [1.54, 1.807) is 24.4 Å². The van der Waals surface area contributed by atoms with Gasteiger partial charge in [0.2, 0.25) is 0 Å². The van der Waals surface area contributed by atoms with Gasteiger partial charge in [0.25, 0.3) is 0 Å². The van der Waals surface area contributed by atoms with Crippen molar-refractivity contribution in [3.8, 4) is 0 Å². The van der Waals surface area contributed by atoms with E-state index in [-0.39, 0.29) is 5.56 Å². The molecule has 0 saturated heterocycles. The van der Waals surface area contributed by atoms with Crippen LogP contribution in [0.1, 0.15) is 10.4 Å². The molecule has 0 saturated carbocycles. The Morgan fingerprint density at radius 3 is 2.95 bits per heavy atom. The molecular weight excluding hydrogens is 246 g/mol. The SMILES string of the molecule is COC(=O)c1cc(=O)oc2ccc3ncccc3c12. The van der Waals surface area contributed by atoms with E-state index < -0.39 is 11.6 Å². The van der Waals surface area contributed by atoms with Crippen LogP contribution in [0, 0.1) is 0 Å². The van der Waals surface area contributed by atoms with Crippen molar-refractivity contribution in [3.05, 3.63) is 52.5 Å². The van der Waals surface area contributed by atoms with Crippen LogP contribution >= 0.6 is 0 Å². The molecule has 19 heavy (non-hydrogen) atoms. The number of pyridine rings is 1. The topological polar surface area (TPSA) is 69.4 Å². The van der Waals surface area contributed by atoms with Gasteiger partial charge >= 0.3 is 11.6 Å². The first kappa shape index (κ1) is 11.4. The van der Waals surface area contributed by atoms with Crippen molar-refractivity contribution in [2.75, 3.05) is 7.11 Å². The molecule has 0 N–H and O–H groups in total. The van der Waals surface area contributed by atoms with Crippen LogP contribution in [-0.2, 0) is 4.74 Å². The predicted molar refractivity (Wildman–Crippen MR) is 69.1 cm³/mol. The maximum Gasteiger partial charge on any atom is 0.338 e. The van der Waals surface area contributed by atoms with E-state index in [0.717, 1.165) is 11.5 Å². The van der Waals surface area contributed by atoms with E-state index in [2.05, 4.69) is 4.98 Å². The van der Waals surface area contributed by atoms with Crippen molar-refractivity contribution < 1.29 is 13.9 Å². The number of esters is 1. The van der Waals surface area contributed by atoms with Crippen molar-refractivity contribution in [2.24, 2.45) is 0 Å². The Balaban J connectivity index is 2.56. The summed E-state index contributed by atoms with van der Waals surface area (Å²) < 4.78 is 9.82. The molecule has 0 radical (unpaired) electrons. The monoisotopic (exact) mass is 255 g/mol. The van der Waals surface area contributed by atoms with Gasteiger partial charge in [0.1, 0.15) is 5.58 Å². The molecule has 0 aliphatic rings. The van der Waals surface area contributed by atoms with Crippen molar-refractivity contribution >= 4 is 27.8 Å². The Labute approximate surface area is 107 Å². The first-order valence-corrected chi connectivity index (χ1v) is 5.60. The predicted octanol–water partition coefficient (Wildman–Crippen LogP) is 2.13. The van der Waals surface area contributed by atoms with Crippen LogP contribution in [0.15, 0.2) is 45.7 Å². The zero-order chi connectivity index (χ0) is 13.4. The lowest BCUT2D eigenvalue weighted by molar-refractivity contribution is 0.0602. The number of hydrogen-bond donors (Lipinski definition) is 0. The third-order valence-corrected chi connectivity index (χ3v) is 2.89. The van der Waals surface area contributed by atoms with Gasteiger partial charge in [0.15, 0.2) is 0 Å². The molecule has 2 aromatic heterocycles. The third-order valence-electron chi connectivity index (χ3n) is 2.89. The van der Waals surface area contributed by atoms with Crippen LogP contribution in [0.4, 0.5) is 0 Å². The quantitative estimate of drug-likeness (QED) is 0.378. The van der Waals surface area contributed by atoms with Crippen LogP contribution in [-0.4, -0.2) is 18.1 Å². The Morgan fingerprint density at radius 1 is 1.32 bits per heavy atom. The number of methoxy groups -OCH3 is 1. The smallest absolute Gasteiger partial charge is 0.338 e. The van der Waals surface area contributed by atoms with Gasteiger partial charge in [-0.2, -0.15) is 0 Å². The van der Waals surface area contributed by atoms with Crippen molar-refractivity contribution in [1.29, 1.82) is 0 Å². The molecule has 1 aromatic carbocycles. The number of hydrogen-bond acceptors (Lipinski definition) is 5. The second-order valence-electron chi connectivity index (χ2n) is 3.98. The maximum absolute atomic E-state index is 11.8. The van der Waals surface area contributed by atoms with Crippen molar-refractivity contribution in [2.45, 2.75) is 0 Å². The fraction of sp³-hybridized carbons (Fsp3) is 0.0714. The van der Waals surface area contributed by atoms with Crippen LogP contribution in [0.2, 0.25) is 0 Å². The minimum atomic E-state index is -0.587. The van der Waals surface area contributed by atoms with Crippen LogP contribution in [0.5, 0.6) is 0 Å². The fourth-order valence-electron chi connectivity index (χ4n) is 2.09. The van der Waals surface area contributed by atoms with Crippen LogP contribution in [0.25, 0.3) is 21.9 Å². The van der Waals surface area contributed by atoms with E-state index in [4.69, 9.17) is 9.15 Å². The number of benzene rings is 1. The molecule has 0 amide bonds. The van der Waals surface area contributed by atoms with Crippen LogP contribution in [0.3, 0.4) is 0 Å². The normalized spacial score (nSPS) is 10.8. The van der Waals surface area contributed by atoms with E-state index >= 15 is 0 Å². The molecule has 2 heterocycles. The number of carbonyl (C=O) groups is 1. The van der Waals surface area contributed by atoms with Crippen molar-refractivity contribution in [3.63, 3.8) is 0 Å². The highest BCUT2D eigenvalue weighted by molar-refractivity contribution is 6.14. The summed E-state index contributed by atoms with van der Waals surface area (Å²) in [5.41, 5.74) is 0.658. The first-order valence-electron chi connectivity index (χ1n) is 5.60. The van der Waals surface area contributed by atoms with Gasteiger partial charge in [0, 0.05) is 23.0 Å². The Hall–Kier alpha value is -2.69. The van der Waals surface area contributed by atoms with Gasteiger partial charge in [-0.15, -0.1) is 0 Å². The summed E-state index contributed by atoms with van der Waals surface area (Å²) in [7, 11) is 1.27. The number of aromatic nitrogens is 1. The molecule has 0 unspecified atom stereocenters. The summed E-state index contributed by atoms with van der Waals surface area (Å²) in [6.07, 6.45) is 1.66. The van der Waals surface area contributed by atoms with Gasteiger partial charge in [-0.05, 0) is 18.2 Å². The number of rotatable bonds is 1. The molecule has 5 heteroatoms. The van der Waals surface area contributed by atoms with E-state index in [1.165, 1.54) is 7.11 Å². The molecule has 94 valence electrons. The number of fused-ring (bicyclic) bond motifs is 3. The highest BCUT2D eigenvalue weighted by atomic mass is 16.5. The molecule has 0 aliphatic heterocycles. The van der Waals surface area contributed by atoms with Gasteiger partial charge < -0.3 is 9.15 Å². The van der Waals surface area contributed by atoms with Crippen LogP contribution < -0.4 is 5.63 Å².